The number of halogens is 1. The second-order valence-electron chi connectivity index (χ2n) is 5.19. The fourth-order valence-corrected chi connectivity index (χ4v) is 2.46. The fourth-order valence-electron chi connectivity index (χ4n) is 2.26. The standard InChI is InChI=1S/C16H18ClNO5/c1-2-5-22-9-13(16(20)21)18-15(19)11-6-10-7-12(17)3-4-14(10)23-8-11/h2-4,7,11,13H,1,5-6,8-9H2,(H,18,19)(H,20,21). The summed E-state index contributed by atoms with van der Waals surface area (Å²) in [5, 5.41) is 12.2. The Bertz CT molecular complexity index is 604. The van der Waals surface area contributed by atoms with Gasteiger partial charge >= 0.3 is 5.97 Å². The summed E-state index contributed by atoms with van der Waals surface area (Å²) >= 11 is 5.94. The molecule has 2 unspecified atom stereocenters. The normalized spacial score (nSPS) is 17.5. The van der Waals surface area contributed by atoms with Crippen LogP contribution in [-0.2, 0) is 20.7 Å². The molecule has 2 N–H and O–H groups in total. The number of hydrogen-bond acceptors (Lipinski definition) is 4. The minimum absolute atomic E-state index is 0.122. The highest BCUT2D eigenvalue weighted by Crippen LogP contribution is 2.29. The molecule has 0 aromatic heterocycles. The van der Waals surface area contributed by atoms with Gasteiger partial charge in [0.2, 0.25) is 5.91 Å². The van der Waals surface area contributed by atoms with E-state index in [1.54, 1.807) is 18.2 Å². The highest BCUT2D eigenvalue weighted by Gasteiger charge is 2.29. The van der Waals surface area contributed by atoms with Gasteiger partial charge in [0.15, 0.2) is 6.04 Å². The Morgan fingerprint density at radius 2 is 2.35 bits per heavy atom. The summed E-state index contributed by atoms with van der Waals surface area (Å²) in [5.41, 5.74) is 0.832. The number of carbonyl (C=O) groups excluding carboxylic acids is 1. The lowest BCUT2D eigenvalue weighted by Crippen LogP contribution is -2.48. The van der Waals surface area contributed by atoms with Crippen LogP contribution in [0.4, 0.5) is 0 Å². The Labute approximate surface area is 139 Å². The Morgan fingerprint density at radius 3 is 3.04 bits per heavy atom. The predicted octanol–water partition coefficient (Wildman–Crippen LogP) is 1.66. The summed E-state index contributed by atoms with van der Waals surface area (Å²) in [7, 11) is 0. The van der Waals surface area contributed by atoms with Crippen molar-refractivity contribution in [1.82, 2.24) is 5.32 Å². The molecule has 0 saturated heterocycles. The van der Waals surface area contributed by atoms with Gasteiger partial charge in [0.1, 0.15) is 12.4 Å². The molecule has 1 heterocycles. The van der Waals surface area contributed by atoms with Crippen LogP contribution in [0.15, 0.2) is 30.9 Å². The van der Waals surface area contributed by atoms with Crippen molar-refractivity contribution in [3.05, 3.63) is 41.4 Å². The average Bonchev–Trinajstić information content (AvgIpc) is 2.53. The monoisotopic (exact) mass is 339 g/mol. The highest BCUT2D eigenvalue weighted by molar-refractivity contribution is 6.30. The maximum Gasteiger partial charge on any atom is 0.328 e. The number of rotatable bonds is 7. The van der Waals surface area contributed by atoms with Crippen LogP contribution in [0.3, 0.4) is 0 Å². The van der Waals surface area contributed by atoms with Gasteiger partial charge in [-0.2, -0.15) is 0 Å². The molecule has 2 rings (SSSR count). The van der Waals surface area contributed by atoms with Crippen LogP contribution in [0, 0.1) is 5.92 Å². The third-order valence-corrected chi connectivity index (χ3v) is 3.67. The summed E-state index contributed by atoms with van der Waals surface area (Å²) in [6.07, 6.45) is 1.96. The van der Waals surface area contributed by atoms with Crippen molar-refractivity contribution in [2.75, 3.05) is 19.8 Å². The molecule has 23 heavy (non-hydrogen) atoms. The molecule has 0 bridgehead atoms. The first-order valence-electron chi connectivity index (χ1n) is 7.14. The number of carboxylic acids is 1. The van der Waals surface area contributed by atoms with Crippen molar-refractivity contribution in [2.45, 2.75) is 12.5 Å². The zero-order chi connectivity index (χ0) is 16.8. The first kappa shape index (κ1) is 17.3. The number of carbonyl (C=O) groups is 2. The van der Waals surface area contributed by atoms with Crippen molar-refractivity contribution < 1.29 is 24.2 Å². The zero-order valence-electron chi connectivity index (χ0n) is 12.5. The molecule has 1 aromatic carbocycles. The molecule has 2 atom stereocenters. The minimum atomic E-state index is -1.15. The average molecular weight is 340 g/mol. The lowest BCUT2D eigenvalue weighted by atomic mass is 9.96. The molecule has 124 valence electrons. The summed E-state index contributed by atoms with van der Waals surface area (Å²) in [4.78, 5) is 23.5. The molecule has 0 aliphatic carbocycles. The molecular weight excluding hydrogens is 322 g/mol. The number of ether oxygens (including phenoxy) is 2. The second-order valence-corrected chi connectivity index (χ2v) is 5.63. The van der Waals surface area contributed by atoms with Gasteiger partial charge in [-0.05, 0) is 30.2 Å². The van der Waals surface area contributed by atoms with Crippen molar-refractivity contribution in [3.8, 4) is 5.75 Å². The molecule has 0 fully saturated rings. The van der Waals surface area contributed by atoms with Crippen LogP contribution >= 0.6 is 11.6 Å². The van der Waals surface area contributed by atoms with E-state index in [2.05, 4.69) is 11.9 Å². The Balaban J connectivity index is 1.97. The lowest BCUT2D eigenvalue weighted by molar-refractivity contribution is -0.144. The van der Waals surface area contributed by atoms with E-state index < -0.39 is 17.9 Å². The Kier molecular flexibility index (Phi) is 6.01. The number of carboxylic acid groups (broad SMARTS) is 1. The number of amides is 1. The largest absolute Gasteiger partial charge is 0.492 e. The first-order valence-corrected chi connectivity index (χ1v) is 7.52. The van der Waals surface area contributed by atoms with Crippen molar-refractivity contribution >= 4 is 23.5 Å². The minimum Gasteiger partial charge on any atom is -0.492 e. The Hall–Kier alpha value is -2.05. The molecule has 1 aromatic rings. The quantitative estimate of drug-likeness (QED) is 0.583. The van der Waals surface area contributed by atoms with Gasteiger partial charge in [0.05, 0.1) is 19.1 Å². The van der Waals surface area contributed by atoms with E-state index >= 15 is 0 Å². The van der Waals surface area contributed by atoms with E-state index in [1.165, 1.54) is 6.08 Å². The number of aliphatic carboxylic acids is 1. The van der Waals surface area contributed by atoms with Gasteiger partial charge in [0, 0.05) is 5.02 Å². The third-order valence-electron chi connectivity index (χ3n) is 3.43. The Morgan fingerprint density at radius 1 is 1.57 bits per heavy atom. The van der Waals surface area contributed by atoms with Gasteiger partial charge in [-0.15, -0.1) is 6.58 Å². The number of hydrogen-bond donors (Lipinski definition) is 2. The van der Waals surface area contributed by atoms with Gasteiger partial charge in [-0.1, -0.05) is 17.7 Å². The molecule has 7 heteroatoms. The van der Waals surface area contributed by atoms with E-state index in [-0.39, 0.29) is 25.7 Å². The number of nitrogens with one attached hydrogen (secondary N) is 1. The number of benzene rings is 1. The molecular formula is C16H18ClNO5. The molecule has 0 saturated carbocycles. The smallest absolute Gasteiger partial charge is 0.328 e. The van der Waals surface area contributed by atoms with E-state index in [0.29, 0.717) is 17.2 Å². The second kappa shape index (κ2) is 7.99. The number of fused-ring (bicyclic) bond motifs is 1. The molecule has 0 radical (unpaired) electrons. The molecule has 1 amide bonds. The summed E-state index contributed by atoms with van der Waals surface area (Å²) in [6, 6.07) is 4.12. The summed E-state index contributed by atoms with van der Waals surface area (Å²) in [5.74, 6) is -1.31. The predicted molar refractivity (Wildman–Crippen MR) is 84.7 cm³/mol. The zero-order valence-corrected chi connectivity index (χ0v) is 13.2. The van der Waals surface area contributed by atoms with Crippen molar-refractivity contribution in [3.63, 3.8) is 0 Å². The van der Waals surface area contributed by atoms with Crippen LogP contribution in [0.25, 0.3) is 0 Å². The third kappa shape index (κ3) is 4.71. The van der Waals surface area contributed by atoms with Crippen molar-refractivity contribution in [2.24, 2.45) is 5.92 Å². The van der Waals surface area contributed by atoms with Crippen LogP contribution in [0.2, 0.25) is 5.02 Å². The van der Waals surface area contributed by atoms with Gasteiger partial charge in [-0.25, -0.2) is 4.79 Å². The summed E-state index contributed by atoms with van der Waals surface area (Å²) < 4.78 is 10.6. The topological polar surface area (TPSA) is 84.9 Å². The summed E-state index contributed by atoms with van der Waals surface area (Å²) in [6.45, 7) is 3.77. The van der Waals surface area contributed by atoms with Crippen LogP contribution in [0.1, 0.15) is 5.56 Å². The highest BCUT2D eigenvalue weighted by atomic mass is 35.5. The van der Waals surface area contributed by atoms with Crippen LogP contribution in [-0.4, -0.2) is 42.8 Å². The van der Waals surface area contributed by atoms with Gasteiger partial charge < -0.3 is 19.9 Å². The van der Waals surface area contributed by atoms with Crippen molar-refractivity contribution in [1.29, 1.82) is 0 Å². The fraction of sp³-hybridized carbons (Fsp3) is 0.375. The lowest BCUT2D eigenvalue weighted by Gasteiger charge is -2.26. The van der Waals surface area contributed by atoms with Gasteiger partial charge in [-0.3, -0.25) is 4.79 Å². The van der Waals surface area contributed by atoms with Crippen LogP contribution in [0.5, 0.6) is 5.75 Å². The SMILES string of the molecule is C=CCOCC(NC(=O)C1COc2ccc(Cl)cc2C1)C(=O)O. The molecule has 6 nitrogen and oxygen atoms in total. The van der Waals surface area contributed by atoms with E-state index in [9.17, 15) is 9.59 Å². The molecule has 1 aliphatic heterocycles. The molecule has 1 aliphatic rings. The maximum absolute atomic E-state index is 12.3. The van der Waals surface area contributed by atoms with Gasteiger partial charge in [0.25, 0.3) is 0 Å². The van der Waals surface area contributed by atoms with E-state index in [4.69, 9.17) is 26.2 Å². The maximum atomic E-state index is 12.3. The molecule has 0 spiro atoms. The van der Waals surface area contributed by atoms with E-state index in [0.717, 1.165) is 5.56 Å². The van der Waals surface area contributed by atoms with Crippen LogP contribution < -0.4 is 10.1 Å². The first-order chi connectivity index (χ1) is 11.0. The van der Waals surface area contributed by atoms with E-state index in [1.807, 2.05) is 0 Å².